The van der Waals surface area contributed by atoms with Crippen LogP contribution >= 0.6 is 0 Å². The lowest BCUT2D eigenvalue weighted by Gasteiger charge is -2.07. The fraction of sp³-hybridized carbons (Fsp3) is 0.750. The molecule has 4 heteroatoms. The highest BCUT2D eigenvalue weighted by Gasteiger charge is 2.22. The fourth-order valence-corrected chi connectivity index (χ4v) is 2.27. The molecule has 16 heavy (non-hydrogen) atoms. The van der Waals surface area contributed by atoms with E-state index in [1.165, 1.54) is 18.7 Å². The minimum absolute atomic E-state index is 0.256. The molecule has 4 nitrogen and oxygen atoms in total. The highest BCUT2D eigenvalue weighted by atomic mass is 15.1. The molecule has 3 N–H and O–H groups in total. The van der Waals surface area contributed by atoms with Gasteiger partial charge in [0.15, 0.2) is 0 Å². The number of rotatable bonds is 4. The van der Waals surface area contributed by atoms with Crippen LogP contribution in [0, 0.1) is 0 Å². The summed E-state index contributed by atoms with van der Waals surface area (Å²) in [5.74, 6) is 1.73. The first-order valence-corrected chi connectivity index (χ1v) is 6.13. The van der Waals surface area contributed by atoms with Crippen molar-refractivity contribution in [2.75, 3.05) is 20.1 Å². The highest BCUT2D eigenvalue weighted by molar-refractivity contribution is 5.10. The summed E-state index contributed by atoms with van der Waals surface area (Å²) in [7, 11) is 2.17. The molecule has 2 atom stereocenters. The molecule has 0 radical (unpaired) electrons. The zero-order valence-corrected chi connectivity index (χ0v) is 10.2. The van der Waals surface area contributed by atoms with Crippen molar-refractivity contribution < 1.29 is 0 Å². The smallest absolute Gasteiger partial charge is 0.106 e. The van der Waals surface area contributed by atoms with Crippen LogP contribution in [0.25, 0.3) is 0 Å². The number of hydrogen-bond donors (Lipinski definition) is 2. The summed E-state index contributed by atoms with van der Waals surface area (Å²) in [5.41, 5.74) is 7.03. The van der Waals surface area contributed by atoms with E-state index in [0.717, 1.165) is 25.2 Å². The normalized spacial score (nSPS) is 23.8. The summed E-state index contributed by atoms with van der Waals surface area (Å²) in [6.45, 7) is 4.38. The zero-order chi connectivity index (χ0) is 11.5. The van der Waals surface area contributed by atoms with Gasteiger partial charge in [-0.25, -0.2) is 4.98 Å². The molecule has 1 aliphatic heterocycles. The molecule has 0 saturated carbocycles. The van der Waals surface area contributed by atoms with E-state index in [2.05, 4.69) is 21.9 Å². The van der Waals surface area contributed by atoms with Crippen LogP contribution in [0.4, 0.5) is 0 Å². The van der Waals surface area contributed by atoms with E-state index < -0.39 is 0 Å². The lowest BCUT2D eigenvalue weighted by Crippen LogP contribution is -2.15. The number of aromatic amines is 1. The third-order valence-electron chi connectivity index (χ3n) is 3.32. The average molecular weight is 222 g/mol. The van der Waals surface area contributed by atoms with E-state index in [9.17, 15) is 0 Å². The van der Waals surface area contributed by atoms with Gasteiger partial charge in [0, 0.05) is 36.8 Å². The highest BCUT2D eigenvalue weighted by Crippen LogP contribution is 2.24. The van der Waals surface area contributed by atoms with Crippen LogP contribution in [0.3, 0.4) is 0 Å². The minimum atomic E-state index is 0.256. The molecule has 0 aromatic carbocycles. The predicted molar refractivity (Wildman–Crippen MR) is 65.4 cm³/mol. The van der Waals surface area contributed by atoms with E-state index in [-0.39, 0.29) is 6.04 Å². The van der Waals surface area contributed by atoms with Crippen LogP contribution in [0.5, 0.6) is 0 Å². The Morgan fingerprint density at radius 2 is 2.50 bits per heavy atom. The number of nitrogens with two attached hydrogens (primary N) is 1. The van der Waals surface area contributed by atoms with Crippen LogP contribution in [-0.2, 0) is 6.42 Å². The van der Waals surface area contributed by atoms with Crippen molar-refractivity contribution in [3.05, 3.63) is 17.7 Å². The molecule has 1 aromatic heterocycles. The number of nitrogens with one attached hydrogen (secondary N) is 1. The van der Waals surface area contributed by atoms with Crippen molar-refractivity contribution in [2.45, 2.75) is 38.1 Å². The first-order chi connectivity index (χ1) is 7.65. The third kappa shape index (κ3) is 2.83. The Morgan fingerprint density at radius 1 is 1.69 bits per heavy atom. The number of H-pyrrole nitrogens is 1. The molecule has 0 spiro atoms. The molecule has 1 aliphatic rings. The molecular formula is C12H22N4. The Labute approximate surface area is 97.2 Å². The van der Waals surface area contributed by atoms with Crippen molar-refractivity contribution in [1.29, 1.82) is 0 Å². The number of hydrogen-bond acceptors (Lipinski definition) is 3. The van der Waals surface area contributed by atoms with Gasteiger partial charge >= 0.3 is 0 Å². The topological polar surface area (TPSA) is 57.9 Å². The van der Waals surface area contributed by atoms with Crippen LogP contribution < -0.4 is 5.73 Å². The molecule has 2 heterocycles. The zero-order valence-electron chi connectivity index (χ0n) is 10.2. The van der Waals surface area contributed by atoms with Crippen molar-refractivity contribution >= 4 is 0 Å². The van der Waals surface area contributed by atoms with E-state index in [4.69, 9.17) is 5.73 Å². The van der Waals surface area contributed by atoms with Crippen molar-refractivity contribution in [3.8, 4) is 0 Å². The molecule has 90 valence electrons. The van der Waals surface area contributed by atoms with Crippen molar-refractivity contribution in [3.63, 3.8) is 0 Å². The molecule has 1 saturated heterocycles. The van der Waals surface area contributed by atoms with Crippen molar-refractivity contribution in [1.82, 2.24) is 14.9 Å². The van der Waals surface area contributed by atoms with Gasteiger partial charge in [-0.2, -0.15) is 0 Å². The number of nitrogens with zero attached hydrogens (tertiary/aromatic N) is 2. The molecule has 1 aromatic rings. The van der Waals surface area contributed by atoms with Gasteiger partial charge in [-0.15, -0.1) is 0 Å². The summed E-state index contributed by atoms with van der Waals surface area (Å²) < 4.78 is 0. The van der Waals surface area contributed by atoms with E-state index in [1.807, 2.05) is 13.1 Å². The van der Waals surface area contributed by atoms with Gasteiger partial charge < -0.3 is 15.6 Å². The number of imidazole rings is 1. The SMILES string of the molecule is CC(N)CCc1ncc(C2CCN(C)C2)[nH]1. The number of aryl methyl sites for hydroxylation is 1. The standard InChI is InChI=1S/C12H22N4/c1-9(13)3-4-12-14-7-11(15-12)10-5-6-16(2)8-10/h7,9-10H,3-6,8,13H2,1-2H3,(H,14,15). The van der Waals surface area contributed by atoms with Crippen LogP contribution in [0.1, 0.15) is 37.2 Å². The average Bonchev–Trinajstić information content (AvgIpc) is 2.83. The van der Waals surface area contributed by atoms with Crippen molar-refractivity contribution in [2.24, 2.45) is 5.73 Å². The van der Waals surface area contributed by atoms with Gasteiger partial charge in [0.1, 0.15) is 5.82 Å². The molecule has 2 unspecified atom stereocenters. The number of likely N-dealkylation sites (tertiary alicyclic amines) is 1. The largest absolute Gasteiger partial charge is 0.346 e. The number of likely N-dealkylation sites (N-methyl/N-ethyl adjacent to an activating group) is 1. The summed E-state index contributed by atoms with van der Waals surface area (Å²) in [6.07, 6.45) is 5.20. The second-order valence-electron chi connectivity index (χ2n) is 5.05. The van der Waals surface area contributed by atoms with Gasteiger partial charge in [-0.1, -0.05) is 0 Å². The quantitative estimate of drug-likeness (QED) is 0.802. The molecule has 1 fully saturated rings. The van der Waals surface area contributed by atoms with E-state index >= 15 is 0 Å². The lowest BCUT2D eigenvalue weighted by atomic mass is 10.1. The maximum Gasteiger partial charge on any atom is 0.106 e. The summed E-state index contributed by atoms with van der Waals surface area (Å²) in [4.78, 5) is 10.2. The third-order valence-corrected chi connectivity index (χ3v) is 3.32. The van der Waals surface area contributed by atoms with Gasteiger partial charge in [0.25, 0.3) is 0 Å². The molecule has 0 aliphatic carbocycles. The van der Waals surface area contributed by atoms with Crippen LogP contribution in [-0.4, -0.2) is 41.0 Å². The molecule has 2 rings (SSSR count). The van der Waals surface area contributed by atoms with Gasteiger partial charge in [0.05, 0.1) is 0 Å². The van der Waals surface area contributed by atoms with Gasteiger partial charge in [0.2, 0.25) is 0 Å². The van der Waals surface area contributed by atoms with E-state index in [1.54, 1.807) is 0 Å². The van der Waals surface area contributed by atoms with Crippen LogP contribution in [0.15, 0.2) is 6.20 Å². The van der Waals surface area contributed by atoms with Crippen LogP contribution in [0.2, 0.25) is 0 Å². The van der Waals surface area contributed by atoms with E-state index in [0.29, 0.717) is 5.92 Å². The Kier molecular flexibility index (Phi) is 3.61. The summed E-state index contributed by atoms with van der Waals surface area (Å²) in [6, 6.07) is 0.256. The second-order valence-corrected chi connectivity index (χ2v) is 5.05. The fourth-order valence-electron chi connectivity index (χ4n) is 2.27. The monoisotopic (exact) mass is 222 g/mol. The Balaban J connectivity index is 1.91. The second kappa shape index (κ2) is 4.97. The lowest BCUT2D eigenvalue weighted by molar-refractivity contribution is 0.411. The summed E-state index contributed by atoms with van der Waals surface area (Å²) >= 11 is 0. The number of aromatic nitrogens is 2. The Hall–Kier alpha value is -0.870. The molecule has 0 amide bonds. The molecule has 0 bridgehead atoms. The van der Waals surface area contributed by atoms with Gasteiger partial charge in [-0.05, 0) is 33.4 Å². The summed E-state index contributed by atoms with van der Waals surface area (Å²) in [5, 5.41) is 0. The Bertz CT molecular complexity index is 332. The van der Waals surface area contributed by atoms with Gasteiger partial charge in [-0.3, -0.25) is 0 Å². The molecular weight excluding hydrogens is 200 g/mol. The first-order valence-electron chi connectivity index (χ1n) is 6.13. The maximum atomic E-state index is 5.74. The maximum absolute atomic E-state index is 5.74. The minimum Gasteiger partial charge on any atom is -0.346 e. The predicted octanol–water partition coefficient (Wildman–Crippen LogP) is 1.11. The Morgan fingerprint density at radius 3 is 3.12 bits per heavy atom. The first kappa shape index (κ1) is 11.6.